The van der Waals surface area contributed by atoms with E-state index in [0.717, 1.165) is 5.56 Å². The number of aliphatic hydroxyl groups excluding tert-OH is 1. The number of rotatable bonds is 3. The minimum atomic E-state index is -0.155. The van der Waals surface area contributed by atoms with Crippen LogP contribution in [0.1, 0.15) is 11.1 Å². The Morgan fingerprint density at radius 2 is 2.06 bits per heavy atom. The van der Waals surface area contributed by atoms with Crippen molar-refractivity contribution >= 4 is 23.2 Å². The third-order valence-electron chi connectivity index (χ3n) is 2.43. The minimum absolute atomic E-state index is 0.155. The Labute approximate surface area is 115 Å². The van der Waals surface area contributed by atoms with Crippen molar-refractivity contribution in [2.75, 3.05) is 0 Å². The zero-order chi connectivity index (χ0) is 13.1. The number of hydrogen-bond donors (Lipinski definition) is 1. The molecule has 3 nitrogen and oxygen atoms in total. The smallest absolute Gasteiger partial charge is 0.219 e. The average molecular weight is 284 g/mol. The summed E-state index contributed by atoms with van der Waals surface area (Å²) in [7, 11) is 0. The van der Waals surface area contributed by atoms with Crippen molar-refractivity contribution in [1.29, 1.82) is 0 Å². The normalized spacial score (nSPS) is 10.4. The zero-order valence-electron chi connectivity index (χ0n) is 9.65. The van der Waals surface area contributed by atoms with Crippen LogP contribution in [0.25, 0.3) is 0 Å². The van der Waals surface area contributed by atoms with Gasteiger partial charge in [0.05, 0.1) is 11.6 Å². The maximum Gasteiger partial charge on any atom is 0.219 e. The van der Waals surface area contributed by atoms with Crippen LogP contribution < -0.4 is 4.74 Å². The fourth-order valence-corrected chi connectivity index (χ4v) is 1.87. The molecule has 2 aromatic rings. The third-order valence-corrected chi connectivity index (χ3v) is 3.01. The predicted octanol–water partition coefficient (Wildman–Crippen LogP) is 3.98. The summed E-state index contributed by atoms with van der Waals surface area (Å²) < 4.78 is 5.62. The standard InChI is InChI=1S/C13H11Cl2NO2/c1-8-4-10(14)2-3-12(8)18-13-5-9(7-17)11(15)6-16-13/h2-6,17H,7H2,1H3. The lowest BCUT2D eigenvalue weighted by molar-refractivity contribution is 0.281. The van der Waals surface area contributed by atoms with Crippen LogP contribution in [0.2, 0.25) is 10.0 Å². The van der Waals surface area contributed by atoms with E-state index in [1.807, 2.05) is 6.92 Å². The molecule has 0 saturated heterocycles. The highest BCUT2D eigenvalue weighted by molar-refractivity contribution is 6.31. The molecule has 94 valence electrons. The minimum Gasteiger partial charge on any atom is -0.439 e. The number of aryl methyl sites for hydroxylation is 1. The summed E-state index contributed by atoms with van der Waals surface area (Å²) in [6, 6.07) is 6.93. The largest absolute Gasteiger partial charge is 0.439 e. The first-order valence-electron chi connectivity index (χ1n) is 5.29. The van der Waals surface area contributed by atoms with Crippen LogP contribution in [-0.2, 0) is 6.61 Å². The molecule has 1 aromatic heterocycles. The van der Waals surface area contributed by atoms with Crippen LogP contribution in [0.5, 0.6) is 11.6 Å². The van der Waals surface area contributed by atoms with Crippen molar-refractivity contribution in [1.82, 2.24) is 4.98 Å². The Morgan fingerprint density at radius 3 is 2.72 bits per heavy atom. The van der Waals surface area contributed by atoms with Gasteiger partial charge in [-0.2, -0.15) is 0 Å². The van der Waals surface area contributed by atoms with Crippen LogP contribution in [0.15, 0.2) is 30.5 Å². The molecule has 0 amide bonds. The number of halogens is 2. The van der Waals surface area contributed by atoms with Gasteiger partial charge < -0.3 is 9.84 Å². The zero-order valence-corrected chi connectivity index (χ0v) is 11.2. The molecule has 0 atom stereocenters. The molecule has 0 aliphatic rings. The number of ether oxygens (including phenoxy) is 1. The van der Waals surface area contributed by atoms with E-state index in [1.54, 1.807) is 24.3 Å². The second-order valence-electron chi connectivity index (χ2n) is 3.78. The Balaban J connectivity index is 2.28. The molecule has 0 bridgehead atoms. The van der Waals surface area contributed by atoms with Crippen LogP contribution in [0.4, 0.5) is 0 Å². The molecular formula is C13H11Cl2NO2. The summed E-state index contributed by atoms with van der Waals surface area (Å²) >= 11 is 11.7. The van der Waals surface area contributed by atoms with Gasteiger partial charge in [-0.3, -0.25) is 0 Å². The second kappa shape index (κ2) is 5.57. The van der Waals surface area contributed by atoms with Gasteiger partial charge in [-0.05, 0) is 30.7 Å². The Kier molecular flexibility index (Phi) is 4.07. The highest BCUT2D eigenvalue weighted by Gasteiger charge is 2.06. The first-order valence-corrected chi connectivity index (χ1v) is 6.05. The van der Waals surface area contributed by atoms with Gasteiger partial charge in [0, 0.05) is 22.8 Å². The van der Waals surface area contributed by atoms with E-state index >= 15 is 0 Å². The van der Waals surface area contributed by atoms with Gasteiger partial charge in [0.25, 0.3) is 0 Å². The number of nitrogens with zero attached hydrogens (tertiary/aromatic N) is 1. The molecule has 0 saturated carbocycles. The highest BCUT2D eigenvalue weighted by Crippen LogP contribution is 2.28. The van der Waals surface area contributed by atoms with Gasteiger partial charge in [-0.1, -0.05) is 23.2 Å². The number of pyridine rings is 1. The van der Waals surface area contributed by atoms with Crippen LogP contribution in [-0.4, -0.2) is 10.1 Å². The molecule has 1 heterocycles. The molecule has 0 radical (unpaired) electrons. The van der Waals surface area contributed by atoms with Crippen molar-refractivity contribution in [3.05, 3.63) is 51.6 Å². The van der Waals surface area contributed by atoms with E-state index in [9.17, 15) is 0 Å². The topological polar surface area (TPSA) is 42.4 Å². The Bertz CT molecular complexity index is 573. The molecule has 0 fully saturated rings. The molecular weight excluding hydrogens is 273 g/mol. The lowest BCUT2D eigenvalue weighted by atomic mass is 10.2. The quantitative estimate of drug-likeness (QED) is 0.926. The van der Waals surface area contributed by atoms with Crippen molar-refractivity contribution < 1.29 is 9.84 Å². The molecule has 0 aliphatic carbocycles. The molecule has 0 spiro atoms. The monoisotopic (exact) mass is 283 g/mol. The Morgan fingerprint density at radius 1 is 1.28 bits per heavy atom. The highest BCUT2D eigenvalue weighted by atomic mass is 35.5. The molecule has 1 N–H and O–H groups in total. The second-order valence-corrected chi connectivity index (χ2v) is 4.63. The van der Waals surface area contributed by atoms with Gasteiger partial charge in [0.15, 0.2) is 0 Å². The Hall–Kier alpha value is -1.29. The SMILES string of the molecule is Cc1cc(Cl)ccc1Oc1cc(CO)c(Cl)cn1. The fourth-order valence-electron chi connectivity index (χ4n) is 1.48. The number of benzene rings is 1. The summed E-state index contributed by atoms with van der Waals surface area (Å²) in [4.78, 5) is 4.05. The molecule has 0 unspecified atom stereocenters. The maximum atomic E-state index is 9.11. The van der Waals surface area contributed by atoms with Gasteiger partial charge in [-0.25, -0.2) is 4.98 Å². The van der Waals surface area contributed by atoms with Crippen LogP contribution in [0, 0.1) is 6.92 Å². The fraction of sp³-hybridized carbons (Fsp3) is 0.154. The number of aromatic nitrogens is 1. The molecule has 0 aliphatic heterocycles. The van der Waals surface area contributed by atoms with E-state index in [1.165, 1.54) is 6.20 Å². The van der Waals surface area contributed by atoms with E-state index in [4.69, 9.17) is 33.0 Å². The van der Waals surface area contributed by atoms with Crippen LogP contribution >= 0.6 is 23.2 Å². The first kappa shape index (κ1) is 13.1. The lowest BCUT2D eigenvalue weighted by Crippen LogP contribution is -1.93. The van der Waals surface area contributed by atoms with E-state index in [0.29, 0.717) is 27.2 Å². The van der Waals surface area contributed by atoms with Gasteiger partial charge in [0.2, 0.25) is 5.88 Å². The summed E-state index contributed by atoms with van der Waals surface area (Å²) in [6.45, 7) is 1.74. The van der Waals surface area contributed by atoms with E-state index < -0.39 is 0 Å². The summed E-state index contributed by atoms with van der Waals surface area (Å²) in [6.07, 6.45) is 1.45. The first-order chi connectivity index (χ1) is 8.60. The van der Waals surface area contributed by atoms with E-state index in [2.05, 4.69) is 4.98 Å². The van der Waals surface area contributed by atoms with Crippen LogP contribution in [0.3, 0.4) is 0 Å². The predicted molar refractivity (Wildman–Crippen MR) is 71.4 cm³/mol. The summed E-state index contributed by atoms with van der Waals surface area (Å²) in [5.41, 5.74) is 1.48. The summed E-state index contributed by atoms with van der Waals surface area (Å²) in [5, 5.41) is 10.2. The van der Waals surface area contributed by atoms with Gasteiger partial charge in [0.1, 0.15) is 5.75 Å². The third kappa shape index (κ3) is 2.93. The molecule has 2 rings (SSSR count). The molecule has 1 aromatic carbocycles. The van der Waals surface area contributed by atoms with Crippen molar-refractivity contribution in [3.8, 4) is 11.6 Å². The van der Waals surface area contributed by atoms with Gasteiger partial charge >= 0.3 is 0 Å². The lowest BCUT2D eigenvalue weighted by Gasteiger charge is -2.09. The molecule has 5 heteroatoms. The van der Waals surface area contributed by atoms with Crippen molar-refractivity contribution in [2.45, 2.75) is 13.5 Å². The number of hydrogen-bond acceptors (Lipinski definition) is 3. The molecule has 18 heavy (non-hydrogen) atoms. The number of aliphatic hydroxyl groups is 1. The van der Waals surface area contributed by atoms with Gasteiger partial charge in [-0.15, -0.1) is 0 Å². The van der Waals surface area contributed by atoms with Crippen molar-refractivity contribution in [3.63, 3.8) is 0 Å². The van der Waals surface area contributed by atoms with Crippen molar-refractivity contribution in [2.24, 2.45) is 0 Å². The average Bonchev–Trinajstić information content (AvgIpc) is 2.35. The summed E-state index contributed by atoms with van der Waals surface area (Å²) in [5.74, 6) is 1.05. The van der Waals surface area contributed by atoms with E-state index in [-0.39, 0.29) is 6.61 Å². The maximum absolute atomic E-state index is 9.11.